The van der Waals surface area contributed by atoms with Crippen molar-refractivity contribution in [1.29, 1.82) is 0 Å². The monoisotopic (exact) mass is 317 g/mol. The number of likely N-dealkylation sites (N-methyl/N-ethyl adjacent to an activating group) is 1. The minimum Gasteiger partial charge on any atom is -0.326 e. The molecule has 1 aromatic rings. The van der Waals surface area contributed by atoms with Crippen molar-refractivity contribution in [2.24, 2.45) is 5.73 Å². The zero-order valence-electron chi connectivity index (χ0n) is 11.7. The lowest BCUT2D eigenvalue weighted by Crippen LogP contribution is -2.52. The second-order valence-corrected chi connectivity index (χ2v) is 7.46. The fourth-order valence-corrected chi connectivity index (χ4v) is 4.62. The van der Waals surface area contributed by atoms with Gasteiger partial charge >= 0.3 is 0 Å². The quantitative estimate of drug-likeness (QED) is 0.907. The Hall–Kier alpha value is -0.660. The van der Waals surface area contributed by atoms with Gasteiger partial charge < -0.3 is 10.6 Å². The lowest BCUT2D eigenvalue weighted by molar-refractivity contribution is 0.170. The van der Waals surface area contributed by atoms with Gasteiger partial charge in [-0.3, -0.25) is 0 Å². The van der Waals surface area contributed by atoms with Gasteiger partial charge in [-0.25, -0.2) is 8.42 Å². The van der Waals surface area contributed by atoms with Crippen LogP contribution < -0.4 is 5.73 Å². The highest BCUT2D eigenvalue weighted by Gasteiger charge is 2.33. The molecular weight excluding hydrogens is 298 g/mol. The van der Waals surface area contributed by atoms with E-state index in [1.807, 2.05) is 14.0 Å². The molecule has 2 rings (SSSR count). The van der Waals surface area contributed by atoms with Gasteiger partial charge in [-0.1, -0.05) is 17.7 Å². The van der Waals surface area contributed by atoms with Crippen LogP contribution in [0.2, 0.25) is 5.02 Å². The summed E-state index contributed by atoms with van der Waals surface area (Å²) in [6.45, 7) is 4.11. The van der Waals surface area contributed by atoms with Gasteiger partial charge in [0.25, 0.3) is 0 Å². The molecule has 0 radical (unpaired) electrons. The molecule has 1 saturated heterocycles. The maximum absolute atomic E-state index is 12.8. The summed E-state index contributed by atoms with van der Waals surface area (Å²) < 4.78 is 27.1. The van der Waals surface area contributed by atoms with Gasteiger partial charge in [0.15, 0.2) is 0 Å². The van der Waals surface area contributed by atoms with E-state index in [2.05, 4.69) is 4.90 Å². The molecule has 1 heterocycles. The van der Waals surface area contributed by atoms with Crippen molar-refractivity contribution in [1.82, 2.24) is 9.21 Å². The highest BCUT2D eigenvalue weighted by molar-refractivity contribution is 7.89. The summed E-state index contributed by atoms with van der Waals surface area (Å²) in [6.07, 6.45) is 0. The Morgan fingerprint density at radius 2 is 2.10 bits per heavy atom. The molecule has 112 valence electrons. The lowest BCUT2D eigenvalue weighted by atomic mass is 10.2. The summed E-state index contributed by atoms with van der Waals surface area (Å²) >= 11 is 6.08. The molecule has 1 aromatic carbocycles. The molecule has 1 aliphatic heterocycles. The average molecular weight is 318 g/mol. The van der Waals surface area contributed by atoms with Crippen LogP contribution in [-0.2, 0) is 16.6 Å². The predicted molar refractivity (Wildman–Crippen MR) is 80.2 cm³/mol. The molecular formula is C13H20ClN3O2S. The van der Waals surface area contributed by atoms with Gasteiger partial charge in [0.2, 0.25) is 10.0 Å². The highest BCUT2D eigenvalue weighted by Crippen LogP contribution is 2.28. The van der Waals surface area contributed by atoms with Crippen LogP contribution in [0.3, 0.4) is 0 Å². The molecule has 0 bridgehead atoms. The fraction of sp³-hybridized carbons (Fsp3) is 0.538. The smallest absolute Gasteiger partial charge is 0.244 e. The molecule has 0 aromatic heterocycles. The van der Waals surface area contributed by atoms with Crippen molar-refractivity contribution >= 4 is 21.6 Å². The van der Waals surface area contributed by atoms with Crippen LogP contribution in [-0.4, -0.2) is 50.3 Å². The van der Waals surface area contributed by atoms with Crippen molar-refractivity contribution in [2.45, 2.75) is 24.4 Å². The molecule has 1 fully saturated rings. The molecule has 0 aliphatic carbocycles. The van der Waals surface area contributed by atoms with Gasteiger partial charge in [0, 0.05) is 32.2 Å². The van der Waals surface area contributed by atoms with E-state index in [0.717, 1.165) is 12.1 Å². The third kappa shape index (κ3) is 2.99. The number of nitrogens with zero attached hydrogens (tertiary/aromatic N) is 2. The molecule has 20 heavy (non-hydrogen) atoms. The zero-order chi connectivity index (χ0) is 14.9. The number of rotatable bonds is 3. The van der Waals surface area contributed by atoms with E-state index < -0.39 is 10.0 Å². The maximum Gasteiger partial charge on any atom is 0.244 e. The number of sulfonamides is 1. The van der Waals surface area contributed by atoms with E-state index in [0.29, 0.717) is 13.1 Å². The lowest BCUT2D eigenvalue weighted by Gasteiger charge is -2.37. The Bertz CT molecular complexity index is 591. The SMILES string of the molecule is CC1CN(C)CCN1S(=O)(=O)c1cc(CN)ccc1Cl. The summed E-state index contributed by atoms with van der Waals surface area (Å²) in [7, 11) is -1.59. The van der Waals surface area contributed by atoms with E-state index in [-0.39, 0.29) is 22.5 Å². The third-order valence-electron chi connectivity index (χ3n) is 3.59. The Labute approximate surface area is 125 Å². The first-order valence-electron chi connectivity index (χ1n) is 6.55. The molecule has 1 atom stereocenters. The number of halogens is 1. The van der Waals surface area contributed by atoms with Crippen LogP contribution in [0.5, 0.6) is 0 Å². The Morgan fingerprint density at radius 1 is 1.40 bits per heavy atom. The van der Waals surface area contributed by atoms with Gasteiger partial charge in [-0.2, -0.15) is 4.31 Å². The molecule has 1 aliphatic rings. The van der Waals surface area contributed by atoms with Crippen molar-refractivity contribution < 1.29 is 8.42 Å². The van der Waals surface area contributed by atoms with E-state index in [1.165, 1.54) is 4.31 Å². The zero-order valence-corrected chi connectivity index (χ0v) is 13.3. The summed E-state index contributed by atoms with van der Waals surface area (Å²) in [6, 6.07) is 4.84. The average Bonchev–Trinajstić information content (AvgIpc) is 2.38. The fourth-order valence-electron chi connectivity index (χ4n) is 2.48. The third-order valence-corrected chi connectivity index (χ3v) is 6.08. The van der Waals surface area contributed by atoms with Gasteiger partial charge in [0.05, 0.1) is 5.02 Å². The van der Waals surface area contributed by atoms with Crippen LogP contribution in [0.1, 0.15) is 12.5 Å². The van der Waals surface area contributed by atoms with Crippen LogP contribution >= 0.6 is 11.6 Å². The number of piperazine rings is 1. The van der Waals surface area contributed by atoms with Crippen LogP contribution in [0.4, 0.5) is 0 Å². The van der Waals surface area contributed by atoms with Gasteiger partial charge in [-0.05, 0) is 31.7 Å². The number of nitrogens with two attached hydrogens (primary N) is 1. The van der Waals surface area contributed by atoms with Gasteiger partial charge in [-0.15, -0.1) is 0 Å². The van der Waals surface area contributed by atoms with E-state index in [4.69, 9.17) is 17.3 Å². The summed E-state index contributed by atoms with van der Waals surface area (Å²) in [4.78, 5) is 2.27. The minimum absolute atomic E-state index is 0.0728. The summed E-state index contributed by atoms with van der Waals surface area (Å²) in [5.41, 5.74) is 6.34. The standard InChI is InChI=1S/C13H20ClN3O2S/c1-10-9-16(2)5-6-17(10)20(18,19)13-7-11(8-15)3-4-12(13)14/h3-4,7,10H,5-6,8-9,15H2,1-2H3. The molecule has 0 spiro atoms. The summed E-state index contributed by atoms with van der Waals surface area (Å²) in [5, 5.41) is 0.244. The van der Waals surface area contributed by atoms with Crippen LogP contribution in [0, 0.1) is 0 Å². The second-order valence-electron chi connectivity index (χ2n) is 5.20. The molecule has 7 heteroatoms. The normalized spacial score (nSPS) is 22.1. The first-order valence-corrected chi connectivity index (χ1v) is 8.37. The summed E-state index contributed by atoms with van der Waals surface area (Å²) in [5.74, 6) is 0. The van der Waals surface area contributed by atoms with Crippen LogP contribution in [0.25, 0.3) is 0 Å². The van der Waals surface area contributed by atoms with Crippen molar-refractivity contribution in [2.75, 3.05) is 26.7 Å². The molecule has 5 nitrogen and oxygen atoms in total. The topological polar surface area (TPSA) is 66.6 Å². The van der Waals surface area contributed by atoms with Crippen molar-refractivity contribution in [3.63, 3.8) is 0 Å². The Balaban J connectivity index is 2.40. The van der Waals surface area contributed by atoms with E-state index in [1.54, 1.807) is 18.2 Å². The number of hydrogen-bond donors (Lipinski definition) is 1. The molecule has 0 saturated carbocycles. The Kier molecular flexibility index (Phi) is 4.71. The number of benzene rings is 1. The first-order chi connectivity index (χ1) is 9.36. The molecule has 2 N–H and O–H groups in total. The molecule has 1 unspecified atom stereocenters. The van der Waals surface area contributed by atoms with Gasteiger partial charge in [0.1, 0.15) is 4.90 Å². The predicted octanol–water partition coefficient (Wildman–Crippen LogP) is 1.12. The number of hydrogen-bond acceptors (Lipinski definition) is 4. The first kappa shape index (κ1) is 15.7. The largest absolute Gasteiger partial charge is 0.326 e. The molecule has 0 amide bonds. The van der Waals surface area contributed by atoms with E-state index >= 15 is 0 Å². The second kappa shape index (κ2) is 5.99. The minimum atomic E-state index is -3.58. The van der Waals surface area contributed by atoms with Crippen molar-refractivity contribution in [3.8, 4) is 0 Å². The van der Waals surface area contributed by atoms with Crippen molar-refractivity contribution in [3.05, 3.63) is 28.8 Å². The maximum atomic E-state index is 12.8. The van der Waals surface area contributed by atoms with E-state index in [9.17, 15) is 8.42 Å². The Morgan fingerprint density at radius 3 is 2.70 bits per heavy atom. The van der Waals surface area contributed by atoms with Crippen LogP contribution in [0.15, 0.2) is 23.1 Å². The highest BCUT2D eigenvalue weighted by atomic mass is 35.5.